The van der Waals surface area contributed by atoms with E-state index in [1.807, 2.05) is 0 Å². The van der Waals surface area contributed by atoms with Gasteiger partial charge in [0.25, 0.3) is 5.15 Å². The van der Waals surface area contributed by atoms with Gasteiger partial charge in [0, 0.05) is 12.5 Å². The van der Waals surface area contributed by atoms with Gasteiger partial charge < -0.3 is 9.94 Å². The fraction of sp³-hybridized carbons (Fsp3) is 0.286. The van der Waals surface area contributed by atoms with E-state index >= 15 is 0 Å². The molecular weight excluding hydrogens is 166 g/mol. The number of halogens is 1. The minimum absolute atomic E-state index is 0.236. The van der Waals surface area contributed by atoms with Crippen LogP contribution in [0.4, 0.5) is 0 Å². The second kappa shape index (κ2) is 2.27. The summed E-state index contributed by atoms with van der Waals surface area (Å²) in [6.07, 6.45) is 2.09. The molecule has 0 radical (unpaired) electrons. The smallest absolute Gasteiger partial charge is 0.293 e. The Morgan fingerprint density at radius 1 is 1.64 bits per heavy atom. The first kappa shape index (κ1) is 6.73. The molecule has 1 aromatic rings. The predicted octanol–water partition coefficient (Wildman–Crippen LogP) is 0.908. The highest BCUT2D eigenvalue weighted by atomic mass is 35.5. The number of rotatable bonds is 0. The molecule has 0 saturated heterocycles. The van der Waals surface area contributed by atoms with Gasteiger partial charge in [-0.15, -0.1) is 0 Å². The summed E-state index contributed by atoms with van der Waals surface area (Å²) < 4.78 is 5.85. The Balaban J connectivity index is 2.62. The van der Waals surface area contributed by atoms with Gasteiger partial charge in [-0.3, -0.25) is 0 Å². The van der Waals surface area contributed by atoms with Crippen LogP contribution < -0.4 is 9.47 Å². The van der Waals surface area contributed by atoms with Gasteiger partial charge in [0.2, 0.25) is 0 Å². The molecule has 0 amide bonds. The van der Waals surface area contributed by atoms with Crippen molar-refractivity contribution in [2.75, 3.05) is 6.61 Å². The van der Waals surface area contributed by atoms with Crippen LogP contribution in [0.1, 0.15) is 5.56 Å². The first-order valence-electron chi connectivity index (χ1n) is 3.32. The Kier molecular flexibility index (Phi) is 1.39. The SMILES string of the molecule is [O-][n+]1ccc2c(c1Cl)CCO2. The van der Waals surface area contributed by atoms with E-state index in [0.29, 0.717) is 11.3 Å². The zero-order chi connectivity index (χ0) is 7.84. The average molecular weight is 172 g/mol. The average Bonchev–Trinajstić information content (AvgIpc) is 2.45. The van der Waals surface area contributed by atoms with Crippen LogP contribution in [0.25, 0.3) is 0 Å². The second-order valence-corrected chi connectivity index (χ2v) is 2.73. The second-order valence-electron chi connectivity index (χ2n) is 2.37. The Labute approximate surface area is 68.8 Å². The summed E-state index contributed by atoms with van der Waals surface area (Å²) in [7, 11) is 0. The van der Waals surface area contributed by atoms with Crippen molar-refractivity contribution in [2.24, 2.45) is 0 Å². The van der Waals surface area contributed by atoms with E-state index in [4.69, 9.17) is 16.3 Å². The quantitative estimate of drug-likeness (QED) is 0.331. The van der Waals surface area contributed by atoms with Gasteiger partial charge in [0.15, 0.2) is 6.20 Å². The van der Waals surface area contributed by atoms with Crippen LogP contribution in [-0.2, 0) is 6.42 Å². The number of aromatic nitrogens is 1. The Morgan fingerprint density at radius 2 is 2.45 bits per heavy atom. The molecule has 0 aliphatic carbocycles. The van der Waals surface area contributed by atoms with Gasteiger partial charge in [-0.25, -0.2) is 0 Å². The number of nitrogens with zero attached hydrogens (tertiary/aromatic N) is 1. The van der Waals surface area contributed by atoms with Gasteiger partial charge >= 0.3 is 0 Å². The monoisotopic (exact) mass is 171 g/mol. The highest BCUT2D eigenvalue weighted by molar-refractivity contribution is 6.29. The summed E-state index contributed by atoms with van der Waals surface area (Å²) >= 11 is 5.71. The molecule has 1 aliphatic rings. The number of fused-ring (bicyclic) bond motifs is 1. The lowest BCUT2D eigenvalue weighted by Crippen LogP contribution is -2.27. The molecule has 0 spiro atoms. The lowest BCUT2D eigenvalue weighted by Gasteiger charge is -2.01. The Bertz CT molecular complexity index is 301. The van der Waals surface area contributed by atoms with Crippen molar-refractivity contribution in [1.29, 1.82) is 0 Å². The van der Waals surface area contributed by atoms with Crippen molar-refractivity contribution < 1.29 is 9.47 Å². The lowest BCUT2D eigenvalue weighted by molar-refractivity contribution is -0.603. The molecule has 0 saturated carbocycles. The molecule has 2 rings (SSSR count). The van der Waals surface area contributed by atoms with Crippen molar-refractivity contribution in [1.82, 2.24) is 0 Å². The van der Waals surface area contributed by atoms with Crippen LogP contribution >= 0.6 is 11.6 Å². The number of hydrogen-bond donors (Lipinski definition) is 0. The summed E-state index contributed by atoms with van der Waals surface area (Å²) in [6.45, 7) is 0.624. The first-order valence-corrected chi connectivity index (χ1v) is 3.70. The maximum Gasteiger partial charge on any atom is 0.293 e. The third kappa shape index (κ3) is 0.922. The van der Waals surface area contributed by atoms with Gasteiger partial charge in [0.05, 0.1) is 12.2 Å². The maximum atomic E-state index is 10.9. The first-order chi connectivity index (χ1) is 5.29. The molecule has 0 atom stereocenters. The summed E-state index contributed by atoms with van der Waals surface area (Å²) in [5.74, 6) is 0.738. The van der Waals surface area contributed by atoms with E-state index in [9.17, 15) is 5.21 Å². The molecule has 0 fully saturated rings. The standard InChI is InChI=1S/C7H6ClNO2/c8-7-5-2-4-11-6(5)1-3-9(7)10/h1,3H,2,4H2. The van der Waals surface area contributed by atoms with Crippen molar-refractivity contribution in [3.63, 3.8) is 0 Å². The van der Waals surface area contributed by atoms with E-state index in [1.54, 1.807) is 6.07 Å². The number of hydrogen-bond acceptors (Lipinski definition) is 2. The summed E-state index contributed by atoms with van der Waals surface area (Å²) in [5.41, 5.74) is 0.823. The van der Waals surface area contributed by atoms with E-state index in [-0.39, 0.29) is 5.15 Å². The highest BCUT2D eigenvalue weighted by Gasteiger charge is 2.20. The van der Waals surface area contributed by atoms with Gasteiger partial charge in [-0.05, 0) is 11.6 Å². The molecule has 2 heterocycles. The normalized spacial score (nSPS) is 14.3. The molecule has 0 N–H and O–H groups in total. The van der Waals surface area contributed by atoms with E-state index in [2.05, 4.69) is 0 Å². The van der Waals surface area contributed by atoms with Crippen LogP contribution in [0.15, 0.2) is 12.3 Å². The van der Waals surface area contributed by atoms with Crippen molar-refractivity contribution >= 4 is 11.6 Å². The minimum Gasteiger partial charge on any atom is -0.618 e. The summed E-state index contributed by atoms with van der Waals surface area (Å²) in [5, 5.41) is 11.1. The highest BCUT2D eigenvalue weighted by Crippen LogP contribution is 2.28. The predicted molar refractivity (Wildman–Crippen MR) is 39.6 cm³/mol. The third-order valence-electron chi connectivity index (χ3n) is 1.71. The topological polar surface area (TPSA) is 36.2 Å². The van der Waals surface area contributed by atoms with E-state index in [1.165, 1.54) is 6.20 Å². The van der Waals surface area contributed by atoms with Crippen molar-refractivity contribution in [2.45, 2.75) is 6.42 Å². The van der Waals surface area contributed by atoms with Crippen LogP contribution in [0.3, 0.4) is 0 Å². The van der Waals surface area contributed by atoms with Crippen LogP contribution in [0, 0.1) is 5.21 Å². The van der Waals surface area contributed by atoms with E-state index in [0.717, 1.165) is 17.7 Å². The maximum absolute atomic E-state index is 10.9. The summed E-state index contributed by atoms with van der Waals surface area (Å²) in [6, 6.07) is 1.64. The van der Waals surface area contributed by atoms with Crippen LogP contribution in [0.2, 0.25) is 5.15 Å². The van der Waals surface area contributed by atoms with E-state index < -0.39 is 0 Å². The number of ether oxygens (including phenoxy) is 1. The molecule has 0 unspecified atom stereocenters. The van der Waals surface area contributed by atoms with Gasteiger partial charge in [0.1, 0.15) is 5.75 Å². The molecule has 0 bridgehead atoms. The molecule has 11 heavy (non-hydrogen) atoms. The molecule has 1 aromatic heterocycles. The van der Waals surface area contributed by atoms with Crippen molar-refractivity contribution in [3.8, 4) is 5.75 Å². The Morgan fingerprint density at radius 3 is 3.27 bits per heavy atom. The zero-order valence-electron chi connectivity index (χ0n) is 5.71. The van der Waals surface area contributed by atoms with Gasteiger partial charge in [-0.1, -0.05) is 0 Å². The van der Waals surface area contributed by atoms with Crippen molar-refractivity contribution in [3.05, 3.63) is 28.2 Å². The molecular formula is C7H6ClNO2. The third-order valence-corrected chi connectivity index (χ3v) is 2.11. The zero-order valence-corrected chi connectivity index (χ0v) is 6.47. The largest absolute Gasteiger partial charge is 0.618 e. The number of pyridine rings is 1. The lowest BCUT2D eigenvalue weighted by atomic mass is 10.2. The minimum atomic E-state index is 0.236. The van der Waals surface area contributed by atoms with Gasteiger partial charge in [-0.2, -0.15) is 4.73 Å². The fourth-order valence-corrected chi connectivity index (χ4v) is 1.40. The fourth-order valence-electron chi connectivity index (χ4n) is 1.16. The van der Waals surface area contributed by atoms with Crippen LogP contribution in [0.5, 0.6) is 5.75 Å². The molecule has 3 nitrogen and oxygen atoms in total. The molecule has 0 aromatic carbocycles. The Hall–Kier alpha value is -0.960. The molecule has 1 aliphatic heterocycles. The molecule has 4 heteroatoms. The van der Waals surface area contributed by atoms with Crippen LogP contribution in [-0.4, -0.2) is 6.61 Å². The summed E-state index contributed by atoms with van der Waals surface area (Å²) in [4.78, 5) is 0. The molecule has 58 valence electrons.